The molecule has 2 rings (SSSR count). The summed E-state index contributed by atoms with van der Waals surface area (Å²) in [5.74, 6) is 0.730. The Balaban J connectivity index is 2.04. The number of aliphatic carboxylic acids is 1. The minimum atomic E-state index is -0.575. The summed E-state index contributed by atoms with van der Waals surface area (Å²) in [5.41, 5.74) is 0.338. The Hall–Kier alpha value is -0.570. The summed E-state index contributed by atoms with van der Waals surface area (Å²) in [4.78, 5) is 14.1. The SMILES string of the molecule is CCCC1CCC(C(=O)O)C(N2CCC(C(C)(C)C)C2)C1. The fourth-order valence-electron chi connectivity index (χ4n) is 4.39. The Bertz CT molecular complexity index is 361. The van der Waals surface area contributed by atoms with Gasteiger partial charge in [0.2, 0.25) is 0 Å². The Kier molecular flexibility index (Phi) is 5.34. The second kappa shape index (κ2) is 6.68. The number of likely N-dealkylation sites (tertiary alicyclic amines) is 1. The molecule has 0 aromatic rings. The van der Waals surface area contributed by atoms with Crippen LogP contribution >= 0.6 is 0 Å². The van der Waals surface area contributed by atoms with Gasteiger partial charge in [0.25, 0.3) is 0 Å². The molecule has 2 fully saturated rings. The normalized spacial score (nSPS) is 35.0. The maximum atomic E-state index is 11.6. The summed E-state index contributed by atoms with van der Waals surface area (Å²) < 4.78 is 0. The Labute approximate surface area is 130 Å². The van der Waals surface area contributed by atoms with Crippen LogP contribution in [-0.4, -0.2) is 35.1 Å². The predicted molar refractivity (Wildman–Crippen MR) is 86.3 cm³/mol. The molecule has 1 N–H and O–H groups in total. The molecule has 4 atom stereocenters. The van der Waals surface area contributed by atoms with Gasteiger partial charge in [0.1, 0.15) is 0 Å². The van der Waals surface area contributed by atoms with Crippen molar-refractivity contribution in [1.82, 2.24) is 4.90 Å². The first-order chi connectivity index (χ1) is 9.82. The molecule has 1 saturated heterocycles. The average molecular weight is 295 g/mol. The van der Waals surface area contributed by atoms with Gasteiger partial charge in [-0.25, -0.2) is 0 Å². The molecule has 1 aliphatic carbocycles. The van der Waals surface area contributed by atoms with Crippen LogP contribution in [0.1, 0.15) is 66.2 Å². The van der Waals surface area contributed by atoms with Crippen LogP contribution in [-0.2, 0) is 4.79 Å². The second-order valence-electron chi connectivity index (χ2n) is 8.33. The highest BCUT2D eigenvalue weighted by atomic mass is 16.4. The van der Waals surface area contributed by atoms with Gasteiger partial charge in [-0.1, -0.05) is 40.5 Å². The molecule has 1 aliphatic heterocycles. The molecule has 3 heteroatoms. The number of hydrogen-bond donors (Lipinski definition) is 1. The van der Waals surface area contributed by atoms with Crippen molar-refractivity contribution < 1.29 is 9.90 Å². The number of carboxylic acid groups (broad SMARTS) is 1. The van der Waals surface area contributed by atoms with E-state index in [0.717, 1.165) is 38.3 Å². The van der Waals surface area contributed by atoms with E-state index in [9.17, 15) is 9.90 Å². The minimum absolute atomic E-state index is 0.142. The summed E-state index contributed by atoms with van der Waals surface area (Å²) in [5, 5.41) is 9.58. The first kappa shape index (κ1) is 16.8. The smallest absolute Gasteiger partial charge is 0.308 e. The lowest BCUT2D eigenvalue weighted by Gasteiger charge is -2.40. The van der Waals surface area contributed by atoms with Crippen molar-refractivity contribution in [3.05, 3.63) is 0 Å². The zero-order valence-electron chi connectivity index (χ0n) is 14.3. The summed E-state index contributed by atoms with van der Waals surface area (Å²) >= 11 is 0. The summed E-state index contributed by atoms with van der Waals surface area (Å²) in [6.45, 7) is 11.4. The molecule has 0 aromatic carbocycles. The number of hydrogen-bond acceptors (Lipinski definition) is 2. The molecule has 0 aromatic heterocycles. The molecule has 0 bridgehead atoms. The molecule has 2 aliphatic rings. The van der Waals surface area contributed by atoms with E-state index in [1.807, 2.05) is 0 Å². The Morgan fingerprint density at radius 3 is 2.48 bits per heavy atom. The van der Waals surface area contributed by atoms with Crippen LogP contribution in [0, 0.1) is 23.2 Å². The Morgan fingerprint density at radius 1 is 1.24 bits per heavy atom. The van der Waals surface area contributed by atoms with Crippen molar-refractivity contribution in [2.24, 2.45) is 23.2 Å². The van der Waals surface area contributed by atoms with E-state index in [2.05, 4.69) is 32.6 Å². The van der Waals surface area contributed by atoms with Gasteiger partial charge in [-0.05, 0) is 49.5 Å². The molecule has 122 valence electrons. The van der Waals surface area contributed by atoms with Crippen LogP contribution in [0.5, 0.6) is 0 Å². The Morgan fingerprint density at radius 2 is 1.95 bits per heavy atom. The van der Waals surface area contributed by atoms with Gasteiger partial charge < -0.3 is 5.11 Å². The third kappa shape index (κ3) is 4.00. The first-order valence-electron chi connectivity index (χ1n) is 8.79. The van der Waals surface area contributed by atoms with Gasteiger partial charge in [-0.3, -0.25) is 9.69 Å². The van der Waals surface area contributed by atoms with E-state index in [4.69, 9.17) is 0 Å². The lowest BCUT2D eigenvalue weighted by Crippen LogP contribution is -2.46. The van der Waals surface area contributed by atoms with Gasteiger partial charge in [0.15, 0.2) is 0 Å². The predicted octanol–water partition coefficient (Wildman–Crippen LogP) is 4.02. The molecule has 21 heavy (non-hydrogen) atoms. The topological polar surface area (TPSA) is 40.5 Å². The molecule has 4 unspecified atom stereocenters. The summed E-state index contributed by atoms with van der Waals surface area (Å²) in [7, 11) is 0. The van der Waals surface area contributed by atoms with E-state index in [1.54, 1.807) is 0 Å². The first-order valence-corrected chi connectivity index (χ1v) is 8.79. The number of carboxylic acids is 1. The number of rotatable bonds is 4. The van der Waals surface area contributed by atoms with Crippen molar-refractivity contribution in [1.29, 1.82) is 0 Å². The van der Waals surface area contributed by atoms with E-state index < -0.39 is 5.97 Å². The third-order valence-corrected chi connectivity index (χ3v) is 5.85. The average Bonchev–Trinajstić information content (AvgIpc) is 2.88. The van der Waals surface area contributed by atoms with Crippen molar-refractivity contribution in [2.75, 3.05) is 13.1 Å². The van der Waals surface area contributed by atoms with Gasteiger partial charge in [-0.15, -0.1) is 0 Å². The van der Waals surface area contributed by atoms with Crippen LogP contribution in [0.4, 0.5) is 0 Å². The third-order valence-electron chi connectivity index (χ3n) is 5.85. The van der Waals surface area contributed by atoms with Crippen molar-refractivity contribution in [3.8, 4) is 0 Å². The molecule has 0 spiro atoms. The lowest BCUT2D eigenvalue weighted by atomic mass is 9.75. The van der Waals surface area contributed by atoms with Gasteiger partial charge in [-0.2, -0.15) is 0 Å². The standard InChI is InChI=1S/C18H33NO2/c1-5-6-13-7-8-15(17(20)21)16(11-13)19-10-9-14(12-19)18(2,3)4/h13-16H,5-12H2,1-4H3,(H,20,21). The van der Waals surface area contributed by atoms with Crippen molar-refractivity contribution >= 4 is 5.97 Å². The van der Waals surface area contributed by atoms with Crippen LogP contribution in [0.2, 0.25) is 0 Å². The van der Waals surface area contributed by atoms with Crippen molar-refractivity contribution in [3.63, 3.8) is 0 Å². The molecule has 3 nitrogen and oxygen atoms in total. The fourth-order valence-corrected chi connectivity index (χ4v) is 4.39. The summed E-state index contributed by atoms with van der Waals surface area (Å²) in [6, 6.07) is 0.278. The summed E-state index contributed by atoms with van der Waals surface area (Å²) in [6.07, 6.45) is 6.80. The fraction of sp³-hybridized carbons (Fsp3) is 0.944. The number of carbonyl (C=O) groups is 1. The molecule has 1 heterocycles. The highest BCUT2D eigenvalue weighted by Crippen LogP contribution is 2.40. The monoisotopic (exact) mass is 295 g/mol. The van der Waals surface area contributed by atoms with E-state index >= 15 is 0 Å². The van der Waals surface area contributed by atoms with Crippen LogP contribution < -0.4 is 0 Å². The van der Waals surface area contributed by atoms with E-state index in [0.29, 0.717) is 11.3 Å². The van der Waals surface area contributed by atoms with Crippen molar-refractivity contribution in [2.45, 2.75) is 72.3 Å². The molecule has 0 amide bonds. The highest BCUT2D eigenvalue weighted by Gasteiger charge is 2.42. The van der Waals surface area contributed by atoms with E-state index in [1.165, 1.54) is 19.3 Å². The minimum Gasteiger partial charge on any atom is -0.481 e. The number of nitrogens with zero attached hydrogens (tertiary/aromatic N) is 1. The zero-order chi connectivity index (χ0) is 15.6. The maximum Gasteiger partial charge on any atom is 0.308 e. The molecule has 0 radical (unpaired) electrons. The highest BCUT2D eigenvalue weighted by molar-refractivity contribution is 5.71. The lowest BCUT2D eigenvalue weighted by molar-refractivity contribution is -0.146. The zero-order valence-corrected chi connectivity index (χ0v) is 14.3. The van der Waals surface area contributed by atoms with Crippen LogP contribution in [0.15, 0.2) is 0 Å². The van der Waals surface area contributed by atoms with Crippen LogP contribution in [0.25, 0.3) is 0 Å². The largest absolute Gasteiger partial charge is 0.481 e. The molecular weight excluding hydrogens is 262 g/mol. The quantitative estimate of drug-likeness (QED) is 0.851. The maximum absolute atomic E-state index is 11.6. The van der Waals surface area contributed by atoms with E-state index in [-0.39, 0.29) is 12.0 Å². The van der Waals surface area contributed by atoms with Gasteiger partial charge in [0.05, 0.1) is 5.92 Å². The van der Waals surface area contributed by atoms with Gasteiger partial charge in [0, 0.05) is 12.6 Å². The molecule has 1 saturated carbocycles. The van der Waals surface area contributed by atoms with Gasteiger partial charge >= 0.3 is 5.97 Å². The molecular formula is C18H33NO2. The van der Waals surface area contributed by atoms with Crippen LogP contribution in [0.3, 0.4) is 0 Å². The second-order valence-corrected chi connectivity index (χ2v) is 8.33.